The van der Waals surface area contributed by atoms with Crippen LogP contribution >= 0.6 is 0 Å². The molecule has 1 aliphatic heterocycles. The second kappa shape index (κ2) is 20.2. The summed E-state index contributed by atoms with van der Waals surface area (Å²) in [6, 6.07) is 9.17. The molecule has 3 N–H and O–H groups in total. The summed E-state index contributed by atoms with van der Waals surface area (Å²) in [5.41, 5.74) is 3.34. The first-order valence-electron chi connectivity index (χ1n) is 12.5. The lowest BCUT2D eigenvalue weighted by atomic mass is 10.0. The van der Waals surface area contributed by atoms with Gasteiger partial charge in [-0.05, 0) is 53.2 Å². The number of aliphatic hydroxyl groups excluding tert-OH is 2. The van der Waals surface area contributed by atoms with Gasteiger partial charge in [-0.25, -0.2) is 5.01 Å². The van der Waals surface area contributed by atoms with Crippen LogP contribution in [0.25, 0.3) is 0 Å². The van der Waals surface area contributed by atoms with Gasteiger partial charge in [-0.3, -0.25) is 15.0 Å². The Morgan fingerprint density at radius 1 is 0.971 bits per heavy atom. The molecule has 35 heavy (non-hydrogen) atoms. The van der Waals surface area contributed by atoms with Gasteiger partial charge >= 0.3 is 0 Å². The summed E-state index contributed by atoms with van der Waals surface area (Å²) < 4.78 is 15.3. The number of para-hydroxylation sites is 1. The van der Waals surface area contributed by atoms with Crippen molar-refractivity contribution in [3.05, 3.63) is 30.3 Å². The number of nitrogens with zero attached hydrogens (tertiary/aromatic N) is 1. The van der Waals surface area contributed by atoms with E-state index in [1.807, 2.05) is 45.9 Å². The predicted molar refractivity (Wildman–Crippen MR) is 137 cm³/mol. The first-order chi connectivity index (χ1) is 16.7. The normalized spacial score (nSPS) is 17.5. The highest BCUT2D eigenvalue weighted by Gasteiger charge is 2.39. The van der Waals surface area contributed by atoms with Gasteiger partial charge in [0, 0.05) is 13.2 Å². The van der Waals surface area contributed by atoms with Gasteiger partial charge in [-0.2, -0.15) is 0 Å². The van der Waals surface area contributed by atoms with Crippen molar-refractivity contribution in [3.8, 4) is 0 Å². The van der Waals surface area contributed by atoms with Crippen molar-refractivity contribution in [2.24, 2.45) is 5.92 Å². The van der Waals surface area contributed by atoms with Gasteiger partial charge in [0.2, 0.25) is 0 Å². The zero-order valence-corrected chi connectivity index (χ0v) is 22.2. The third-order valence-corrected chi connectivity index (χ3v) is 4.82. The topological polar surface area (TPSA) is 118 Å². The summed E-state index contributed by atoms with van der Waals surface area (Å²) in [5.74, 6) is -0.850. The van der Waals surface area contributed by atoms with E-state index in [0.717, 1.165) is 26.1 Å². The summed E-state index contributed by atoms with van der Waals surface area (Å²) in [6.45, 7) is 13.8. The van der Waals surface area contributed by atoms with E-state index in [1.54, 1.807) is 26.0 Å². The van der Waals surface area contributed by atoms with Gasteiger partial charge in [0.1, 0.15) is 5.92 Å². The standard InChI is InChI=1S/C13H16N2O2.C9H20O4.C4H10O/c1-2-3-9-11-12(16)14-15(13(11)17)10-7-5-4-6-8-10;1-7(11)5-12-9(3)6-13-8(2)4-10;1-3-5-4-2/h4-8,11H,2-3,9H2,1H3,(H,14,16);7-11H,4-6H2,1-3H3;3-4H2,1-2H3. The summed E-state index contributed by atoms with van der Waals surface area (Å²) in [4.78, 5) is 23.8. The molecule has 0 saturated carbocycles. The Morgan fingerprint density at radius 2 is 1.57 bits per heavy atom. The molecule has 2 rings (SSSR count). The number of hydrazine groups is 1. The average Bonchev–Trinajstić information content (AvgIpc) is 3.14. The predicted octanol–water partition coefficient (Wildman–Crippen LogP) is 3.08. The zero-order chi connectivity index (χ0) is 26.6. The van der Waals surface area contributed by atoms with E-state index < -0.39 is 12.0 Å². The van der Waals surface area contributed by atoms with Crippen molar-refractivity contribution in [2.45, 2.75) is 79.1 Å². The third kappa shape index (κ3) is 14.8. The lowest BCUT2D eigenvalue weighted by Crippen LogP contribution is -2.35. The van der Waals surface area contributed by atoms with Crippen molar-refractivity contribution in [3.63, 3.8) is 0 Å². The lowest BCUT2D eigenvalue weighted by Gasteiger charge is -2.16. The number of unbranched alkanes of at least 4 members (excludes halogenated alkanes) is 1. The monoisotopic (exact) mass is 498 g/mol. The molecule has 4 unspecified atom stereocenters. The van der Waals surface area contributed by atoms with Crippen LogP contribution < -0.4 is 10.4 Å². The minimum atomic E-state index is -0.518. The third-order valence-electron chi connectivity index (χ3n) is 4.82. The van der Waals surface area contributed by atoms with Crippen LogP contribution in [0.15, 0.2) is 30.3 Å². The highest BCUT2D eigenvalue weighted by atomic mass is 16.5. The molecule has 0 spiro atoms. The molecule has 1 aromatic rings. The number of hydrogen-bond donors (Lipinski definition) is 3. The van der Waals surface area contributed by atoms with Gasteiger partial charge in [0.25, 0.3) is 11.8 Å². The Labute approximate surface area is 210 Å². The van der Waals surface area contributed by atoms with Gasteiger partial charge in [0.05, 0.1) is 43.8 Å². The highest BCUT2D eigenvalue weighted by Crippen LogP contribution is 2.22. The number of nitrogens with one attached hydrogen (secondary N) is 1. The molecule has 9 nitrogen and oxygen atoms in total. The summed E-state index contributed by atoms with van der Waals surface area (Å²) in [6.07, 6.45) is 1.86. The lowest BCUT2D eigenvalue weighted by molar-refractivity contribution is -0.127. The van der Waals surface area contributed by atoms with E-state index in [9.17, 15) is 9.59 Å². The summed E-state index contributed by atoms with van der Waals surface area (Å²) in [7, 11) is 0. The Hall–Kier alpha value is -2.04. The van der Waals surface area contributed by atoms with Crippen LogP contribution in [0.4, 0.5) is 5.69 Å². The van der Waals surface area contributed by atoms with E-state index >= 15 is 0 Å². The van der Waals surface area contributed by atoms with Crippen molar-refractivity contribution < 1.29 is 34.0 Å². The maximum Gasteiger partial charge on any atom is 0.258 e. The molecule has 1 fully saturated rings. The number of carbonyl (C=O) groups excluding carboxylic acids is 2. The SMILES string of the molecule is CC(O)COC(C)COC(C)CO.CCCCC1C(=O)NN(c2ccccc2)C1=O.CCOCC. The van der Waals surface area contributed by atoms with Gasteiger partial charge < -0.3 is 24.4 Å². The fourth-order valence-electron chi connectivity index (χ4n) is 2.85. The first-order valence-corrected chi connectivity index (χ1v) is 12.5. The molecule has 1 aromatic carbocycles. The Bertz CT molecular complexity index is 671. The molecule has 1 aliphatic rings. The molecule has 9 heteroatoms. The molecule has 0 radical (unpaired) electrons. The second-order valence-electron chi connectivity index (χ2n) is 8.28. The van der Waals surface area contributed by atoms with E-state index in [-0.39, 0.29) is 30.6 Å². The quantitative estimate of drug-likeness (QED) is 0.358. The first kappa shape index (κ1) is 33.0. The number of anilines is 1. The van der Waals surface area contributed by atoms with Crippen LogP contribution in [0.3, 0.4) is 0 Å². The van der Waals surface area contributed by atoms with E-state index in [2.05, 4.69) is 5.43 Å². The Balaban J connectivity index is 0.000000571. The van der Waals surface area contributed by atoms with Crippen LogP contribution in [0.2, 0.25) is 0 Å². The number of amides is 2. The maximum atomic E-state index is 12.1. The molecule has 4 atom stereocenters. The van der Waals surface area contributed by atoms with Crippen LogP contribution in [-0.2, 0) is 23.8 Å². The van der Waals surface area contributed by atoms with Crippen molar-refractivity contribution in [1.29, 1.82) is 0 Å². The van der Waals surface area contributed by atoms with Crippen molar-refractivity contribution in [2.75, 3.05) is 38.0 Å². The number of aliphatic hydroxyl groups is 2. The largest absolute Gasteiger partial charge is 0.394 e. The van der Waals surface area contributed by atoms with Gasteiger partial charge in [-0.15, -0.1) is 0 Å². The number of rotatable bonds is 13. The van der Waals surface area contributed by atoms with Crippen molar-refractivity contribution in [1.82, 2.24) is 5.43 Å². The summed E-state index contributed by atoms with van der Waals surface area (Å²) >= 11 is 0. The molecular formula is C26H46N2O7. The van der Waals surface area contributed by atoms with E-state index in [0.29, 0.717) is 25.3 Å². The Morgan fingerprint density at radius 3 is 2.06 bits per heavy atom. The molecule has 0 aromatic heterocycles. The van der Waals surface area contributed by atoms with Crippen molar-refractivity contribution >= 4 is 17.5 Å². The van der Waals surface area contributed by atoms with Crippen LogP contribution in [0.1, 0.15) is 60.8 Å². The molecule has 1 heterocycles. The zero-order valence-electron chi connectivity index (χ0n) is 22.2. The summed E-state index contributed by atoms with van der Waals surface area (Å²) in [5, 5.41) is 18.9. The fraction of sp³-hybridized carbons (Fsp3) is 0.692. The van der Waals surface area contributed by atoms with E-state index in [4.69, 9.17) is 24.4 Å². The second-order valence-corrected chi connectivity index (χ2v) is 8.28. The minimum absolute atomic E-state index is 0.0170. The smallest absolute Gasteiger partial charge is 0.258 e. The molecule has 0 bridgehead atoms. The average molecular weight is 499 g/mol. The fourth-order valence-corrected chi connectivity index (χ4v) is 2.85. The maximum absolute atomic E-state index is 12.1. The van der Waals surface area contributed by atoms with Gasteiger partial charge in [0.15, 0.2) is 0 Å². The molecule has 202 valence electrons. The molecular weight excluding hydrogens is 452 g/mol. The van der Waals surface area contributed by atoms with E-state index in [1.165, 1.54) is 5.01 Å². The van der Waals surface area contributed by atoms with Crippen LogP contribution in [0.5, 0.6) is 0 Å². The number of ether oxygens (including phenoxy) is 3. The van der Waals surface area contributed by atoms with Gasteiger partial charge in [-0.1, -0.05) is 38.0 Å². The molecule has 2 amide bonds. The highest BCUT2D eigenvalue weighted by molar-refractivity contribution is 6.14. The number of benzene rings is 1. The van der Waals surface area contributed by atoms with Crippen LogP contribution in [0, 0.1) is 5.92 Å². The molecule has 0 aliphatic carbocycles. The number of carbonyl (C=O) groups is 2. The molecule has 1 saturated heterocycles. The minimum Gasteiger partial charge on any atom is -0.394 e. The van der Waals surface area contributed by atoms with Crippen LogP contribution in [-0.4, -0.2) is 73.4 Å². The number of hydrogen-bond acceptors (Lipinski definition) is 7. The Kier molecular flexibility index (Phi) is 19.0.